The molecule has 184 valence electrons. The van der Waals surface area contributed by atoms with E-state index in [1.807, 2.05) is 12.2 Å². The van der Waals surface area contributed by atoms with Gasteiger partial charge in [-0.1, -0.05) is 12.2 Å². The lowest BCUT2D eigenvalue weighted by atomic mass is 10.0. The first-order valence-corrected chi connectivity index (χ1v) is 13.0. The van der Waals surface area contributed by atoms with Crippen LogP contribution in [-0.4, -0.2) is 67.2 Å². The Morgan fingerprint density at radius 2 is 2.03 bits per heavy atom. The molecule has 4 N–H and O–H groups in total. The fourth-order valence-corrected chi connectivity index (χ4v) is 6.38. The first-order chi connectivity index (χ1) is 15.5. The Morgan fingerprint density at radius 3 is 2.67 bits per heavy atom. The summed E-state index contributed by atoms with van der Waals surface area (Å²) in [6, 6.07) is -1.35. The van der Waals surface area contributed by atoms with Crippen LogP contribution in [-0.2, 0) is 24.4 Å². The van der Waals surface area contributed by atoms with Gasteiger partial charge in [-0.25, -0.2) is 18.4 Å². The second-order valence-electron chi connectivity index (χ2n) is 9.67. The van der Waals surface area contributed by atoms with Gasteiger partial charge in [-0.15, -0.1) is 0 Å². The van der Waals surface area contributed by atoms with Crippen LogP contribution in [0, 0.1) is 11.8 Å². The number of amides is 3. The number of primary sulfonamides is 1. The minimum Gasteiger partial charge on any atom is -0.348 e. The van der Waals surface area contributed by atoms with Gasteiger partial charge in [0.1, 0.15) is 18.1 Å². The highest BCUT2D eigenvalue weighted by atomic mass is 32.2. The molecular weight excluding hydrogens is 448 g/mol. The molecule has 5 unspecified atom stereocenters. The number of sulfonamides is 1. The third-order valence-electron chi connectivity index (χ3n) is 7.29. The summed E-state index contributed by atoms with van der Waals surface area (Å²) in [6.07, 6.45) is 7.83. The van der Waals surface area contributed by atoms with Crippen molar-refractivity contribution >= 4 is 34.0 Å². The summed E-state index contributed by atoms with van der Waals surface area (Å²) in [4.78, 5) is 50.2. The van der Waals surface area contributed by atoms with Gasteiger partial charge in [0.2, 0.25) is 15.9 Å². The van der Waals surface area contributed by atoms with E-state index in [1.165, 1.54) is 11.8 Å². The summed E-state index contributed by atoms with van der Waals surface area (Å²) in [5.41, 5.74) is -0.849. The molecule has 33 heavy (non-hydrogen) atoms. The van der Waals surface area contributed by atoms with Crippen molar-refractivity contribution in [2.75, 3.05) is 13.6 Å². The Morgan fingerprint density at radius 1 is 1.30 bits per heavy atom. The van der Waals surface area contributed by atoms with Crippen LogP contribution < -0.4 is 15.8 Å². The number of rotatable bonds is 7. The molecule has 0 aromatic heterocycles. The minimum atomic E-state index is -4.02. The molecule has 2 saturated carbocycles. The van der Waals surface area contributed by atoms with Gasteiger partial charge in [0, 0.05) is 38.3 Å². The van der Waals surface area contributed by atoms with Gasteiger partial charge in [-0.05, 0) is 45.4 Å². The first-order valence-electron chi connectivity index (χ1n) is 11.4. The number of hydrogen-bond acceptors (Lipinski definition) is 6. The smallest absolute Gasteiger partial charge is 0.317 e. The number of Topliss-reactive ketones (excluding diaryl/α,β-unsaturated/α-hetero) is 1. The monoisotopic (exact) mass is 482 g/mol. The largest absolute Gasteiger partial charge is 0.348 e. The van der Waals surface area contributed by atoms with Crippen molar-refractivity contribution in [2.45, 2.75) is 74.6 Å². The molecule has 0 bridgehead atoms. The summed E-state index contributed by atoms with van der Waals surface area (Å²) in [7, 11) is -2.37. The van der Waals surface area contributed by atoms with E-state index in [0.29, 0.717) is 19.3 Å². The number of nitrogens with two attached hydrogens (primary N) is 1. The van der Waals surface area contributed by atoms with E-state index in [-0.39, 0.29) is 37.4 Å². The number of urea groups is 1. The average molecular weight is 483 g/mol. The number of fused-ring (bicyclic) bond motifs is 1. The quantitative estimate of drug-likeness (QED) is 0.357. The molecule has 2 aliphatic carbocycles. The molecular formula is C22H34N4O6S. The summed E-state index contributed by atoms with van der Waals surface area (Å²) >= 11 is 0. The van der Waals surface area contributed by atoms with Crippen molar-refractivity contribution in [1.29, 1.82) is 0 Å². The molecule has 0 aromatic carbocycles. The van der Waals surface area contributed by atoms with Crippen molar-refractivity contribution in [3.05, 3.63) is 12.2 Å². The zero-order chi connectivity index (χ0) is 24.4. The molecule has 0 aromatic rings. The van der Waals surface area contributed by atoms with Gasteiger partial charge in [-0.2, -0.15) is 0 Å². The second-order valence-corrected chi connectivity index (χ2v) is 11.6. The Balaban J connectivity index is 1.90. The molecule has 0 spiro atoms. The van der Waals surface area contributed by atoms with Crippen molar-refractivity contribution in [3.63, 3.8) is 0 Å². The Hall–Kier alpha value is -2.27. The van der Waals surface area contributed by atoms with Gasteiger partial charge in [-0.3, -0.25) is 4.79 Å². The standard InChI is InChI=1S/C22H34N4O6S/c1-15(28)8-9-17-19(29)25-22(18-14-21(18,10-12-27)33(23,31)32)13-16(22)7-5-3-4-6-11-26(2)20(30)24-17/h5,7,12,16-18H,3-4,6,8-11,13-14H2,1-2H3,(H,24,30)(H,25,29)(H2,23,31,32). The number of carbonyl (C=O) groups is 4. The number of allylic oxidation sites excluding steroid dienone is 1. The zero-order valence-electron chi connectivity index (χ0n) is 19.2. The van der Waals surface area contributed by atoms with Crippen LogP contribution in [0.1, 0.15) is 58.3 Å². The van der Waals surface area contributed by atoms with Crippen LogP contribution in [0.15, 0.2) is 12.2 Å². The average Bonchev–Trinajstić information content (AvgIpc) is 3.62. The Labute approximate surface area is 194 Å². The van der Waals surface area contributed by atoms with Crippen molar-refractivity contribution in [3.8, 4) is 0 Å². The van der Waals surface area contributed by atoms with E-state index in [9.17, 15) is 27.6 Å². The summed E-state index contributed by atoms with van der Waals surface area (Å²) in [6.45, 7) is 1.96. The van der Waals surface area contributed by atoms with Crippen LogP contribution >= 0.6 is 0 Å². The maximum atomic E-state index is 13.3. The fourth-order valence-electron chi connectivity index (χ4n) is 5.08. The number of aldehydes is 1. The number of nitrogens with one attached hydrogen (secondary N) is 2. The molecule has 3 amide bonds. The molecule has 0 saturated heterocycles. The van der Waals surface area contributed by atoms with E-state index in [0.717, 1.165) is 19.3 Å². The third kappa shape index (κ3) is 5.29. The summed E-state index contributed by atoms with van der Waals surface area (Å²) < 4.78 is 23.4. The molecule has 3 aliphatic rings. The second kappa shape index (κ2) is 9.54. The van der Waals surface area contributed by atoms with Gasteiger partial charge in [0.05, 0.1) is 10.3 Å². The van der Waals surface area contributed by atoms with Crippen molar-refractivity contribution in [2.24, 2.45) is 17.0 Å². The zero-order valence-corrected chi connectivity index (χ0v) is 20.0. The van der Waals surface area contributed by atoms with Gasteiger partial charge in [0.15, 0.2) is 0 Å². The van der Waals surface area contributed by atoms with E-state index in [2.05, 4.69) is 10.6 Å². The van der Waals surface area contributed by atoms with E-state index in [1.54, 1.807) is 7.05 Å². The minimum absolute atomic E-state index is 0.0866. The molecule has 10 nitrogen and oxygen atoms in total. The molecule has 3 rings (SSSR count). The molecule has 5 atom stereocenters. The SMILES string of the molecule is CC(=O)CCC1NC(=O)N(C)CCCCC=CC2CC2(C2CC2(CC=O)S(N)(=O)=O)NC1=O. The maximum Gasteiger partial charge on any atom is 0.317 e. The van der Waals surface area contributed by atoms with Gasteiger partial charge >= 0.3 is 6.03 Å². The number of nitrogens with zero attached hydrogens (tertiary/aromatic N) is 1. The van der Waals surface area contributed by atoms with Crippen LogP contribution in [0.2, 0.25) is 0 Å². The lowest BCUT2D eigenvalue weighted by Gasteiger charge is -2.27. The van der Waals surface area contributed by atoms with Crippen LogP contribution in [0.25, 0.3) is 0 Å². The molecule has 1 heterocycles. The lowest BCUT2D eigenvalue weighted by molar-refractivity contribution is -0.124. The van der Waals surface area contributed by atoms with Crippen LogP contribution in [0.5, 0.6) is 0 Å². The van der Waals surface area contributed by atoms with E-state index >= 15 is 0 Å². The van der Waals surface area contributed by atoms with E-state index in [4.69, 9.17) is 5.14 Å². The molecule has 2 fully saturated rings. The van der Waals surface area contributed by atoms with Crippen molar-refractivity contribution < 1.29 is 27.6 Å². The lowest BCUT2D eigenvalue weighted by Crippen LogP contribution is -2.55. The highest BCUT2D eigenvalue weighted by molar-refractivity contribution is 7.90. The van der Waals surface area contributed by atoms with Gasteiger partial charge < -0.3 is 25.1 Å². The van der Waals surface area contributed by atoms with Crippen LogP contribution in [0.3, 0.4) is 0 Å². The van der Waals surface area contributed by atoms with Gasteiger partial charge in [0.25, 0.3) is 0 Å². The first kappa shape index (κ1) is 25.4. The summed E-state index contributed by atoms with van der Waals surface area (Å²) in [5, 5.41) is 11.2. The highest BCUT2D eigenvalue weighted by Gasteiger charge is 2.76. The number of carbonyl (C=O) groups excluding carboxylic acids is 4. The Bertz CT molecular complexity index is 951. The topological polar surface area (TPSA) is 156 Å². The molecule has 0 radical (unpaired) electrons. The fraction of sp³-hybridized carbons (Fsp3) is 0.727. The van der Waals surface area contributed by atoms with E-state index < -0.39 is 44.2 Å². The van der Waals surface area contributed by atoms with Crippen molar-refractivity contribution in [1.82, 2.24) is 15.5 Å². The number of hydrogen-bond donors (Lipinski definition) is 3. The predicted octanol–water partition coefficient (Wildman–Crippen LogP) is 0.617. The molecule has 11 heteroatoms. The third-order valence-corrected chi connectivity index (χ3v) is 9.04. The molecule has 1 aliphatic heterocycles. The summed E-state index contributed by atoms with van der Waals surface area (Å²) in [5.74, 6) is -1.15. The Kier molecular flexibility index (Phi) is 7.33. The normalized spacial score (nSPS) is 35.0. The predicted molar refractivity (Wildman–Crippen MR) is 121 cm³/mol. The van der Waals surface area contributed by atoms with Crippen LogP contribution in [0.4, 0.5) is 4.79 Å². The highest BCUT2D eigenvalue weighted by Crippen LogP contribution is 2.66. The maximum absolute atomic E-state index is 13.3. The number of ketones is 1.